The van der Waals surface area contributed by atoms with Gasteiger partial charge in [0, 0.05) is 29.8 Å². The number of benzene rings is 1. The Morgan fingerprint density at radius 2 is 2.10 bits per heavy atom. The summed E-state index contributed by atoms with van der Waals surface area (Å²) in [5.74, 6) is -0.332. The zero-order valence-electron chi connectivity index (χ0n) is 16.6. The number of nitrogens with two attached hydrogens (primary N) is 1. The predicted molar refractivity (Wildman–Crippen MR) is 115 cm³/mol. The number of non-ortho nitro benzene ring substituents is 1. The lowest BCUT2D eigenvalue weighted by Gasteiger charge is -2.43. The number of carbonyl (C=O) groups is 1. The molecule has 0 radical (unpaired) electrons. The molecule has 2 aromatic rings. The Morgan fingerprint density at radius 3 is 2.73 bits per heavy atom. The third-order valence-electron chi connectivity index (χ3n) is 5.56. The van der Waals surface area contributed by atoms with Crippen LogP contribution in [0.5, 0.6) is 0 Å². The van der Waals surface area contributed by atoms with Crippen molar-refractivity contribution in [3.63, 3.8) is 0 Å². The van der Waals surface area contributed by atoms with E-state index in [1.165, 1.54) is 23.5 Å². The molecule has 2 N–H and O–H groups in total. The maximum atomic E-state index is 13.3. The lowest BCUT2D eigenvalue weighted by atomic mass is 9.69. The van der Waals surface area contributed by atoms with Gasteiger partial charge in [0.25, 0.3) is 5.69 Å². The molecule has 1 aromatic carbocycles. The van der Waals surface area contributed by atoms with Crippen molar-refractivity contribution >= 4 is 28.5 Å². The summed E-state index contributed by atoms with van der Waals surface area (Å²) < 4.78 is 0. The topological polar surface area (TPSA) is 113 Å². The van der Waals surface area contributed by atoms with Crippen molar-refractivity contribution < 1.29 is 9.72 Å². The molecule has 4 rings (SSSR count). The van der Waals surface area contributed by atoms with E-state index in [0.717, 1.165) is 5.56 Å². The quantitative estimate of drug-likeness (QED) is 0.573. The molecule has 152 valence electrons. The van der Waals surface area contributed by atoms with Gasteiger partial charge in [0.2, 0.25) is 0 Å². The van der Waals surface area contributed by atoms with Crippen LogP contribution in [0.2, 0.25) is 0 Å². The van der Waals surface area contributed by atoms with Crippen molar-refractivity contribution in [1.29, 1.82) is 5.26 Å². The highest BCUT2D eigenvalue weighted by Crippen LogP contribution is 2.50. The molecule has 1 atom stereocenters. The Kier molecular flexibility index (Phi) is 4.71. The molecule has 1 unspecified atom stereocenters. The molecule has 1 aromatic heterocycles. The van der Waals surface area contributed by atoms with E-state index in [0.29, 0.717) is 29.8 Å². The van der Waals surface area contributed by atoms with Gasteiger partial charge in [0.05, 0.1) is 28.2 Å². The van der Waals surface area contributed by atoms with Gasteiger partial charge in [-0.1, -0.05) is 19.9 Å². The molecule has 8 heteroatoms. The number of nitro groups is 1. The SMILES string of the molecule is CC1(C)CC(=O)C2=C(C1)N(c1cccc([N+](=O)[O-])c1)C(N)=C(C#N)C2c1ccsc1. The minimum Gasteiger partial charge on any atom is -0.384 e. The van der Waals surface area contributed by atoms with E-state index in [4.69, 9.17) is 5.73 Å². The summed E-state index contributed by atoms with van der Waals surface area (Å²) in [6.07, 6.45) is 0.935. The lowest BCUT2D eigenvalue weighted by Crippen LogP contribution is -2.42. The maximum absolute atomic E-state index is 13.3. The van der Waals surface area contributed by atoms with Crippen LogP contribution in [0.3, 0.4) is 0 Å². The van der Waals surface area contributed by atoms with Gasteiger partial charge < -0.3 is 5.73 Å². The summed E-state index contributed by atoms with van der Waals surface area (Å²) in [5, 5.41) is 25.1. The highest BCUT2D eigenvalue weighted by atomic mass is 32.1. The molecule has 2 aliphatic rings. The Bertz CT molecular complexity index is 1160. The van der Waals surface area contributed by atoms with E-state index in [2.05, 4.69) is 6.07 Å². The maximum Gasteiger partial charge on any atom is 0.271 e. The van der Waals surface area contributed by atoms with E-state index in [9.17, 15) is 20.2 Å². The number of ketones is 1. The van der Waals surface area contributed by atoms with Crippen LogP contribution < -0.4 is 10.6 Å². The van der Waals surface area contributed by atoms with Gasteiger partial charge in [-0.15, -0.1) is 0 Å². The molecule has 30 heavy (non-hydrogen) atoms. The summed E-state index contributed by atoms with van der Waals surface area (Å²) in [6.45, 7) is 4.03. The average Bonchev–Trinajstić information content (AvgIpc) is 3.20. The van der Waals surface area contributed by atoms with Crippen molar-refractivity contribution in [3.8, 4) is 6.07 Å². The van der Waals surface area contributed by atoms with Crippen LogP contribution in [0.1, 0.15) is 38.2 Å². The Morgan fingerprint density at radius 1 is 1.33 bits per heavy atom. The molecule has 0 spiro atoms. The summed E-state index contributed by atoms with van der Waals surface area (Å²) in [7, 11) is 0. The monoisotopic (exact) mass is 420 g/mol. The third kappa shape index (κ3) is 3.17. The number of Topliss-reactive ketones (excluding diaryl/α,β-unsaturated/α-hetero) is 1. The number of hydrogen-bond donors (Lipinski definition) is 1. The van der Waals surface area contributed by atoms with Gasteiger partial charge >= 0.3 is 0 Å². The molecule has 1 aliphatic carbocycles. The fourth-order valence-electron chi connectivity index (χ4n) is 4.32. The molecule has 0 fully saturated rings. The molecule has 0 amide bonds. The van der Waals surface area contributed by atoms with Crippen molar-refractivity contribution in [2.45, 2.75) is 32.6 Å². The molecule has 0 bridgehead atoms. The molecule has 2 heterocycles. The van der Waals surface area contributed by atoms with Crippen molar-refractivity contribution in [2.24, 2.45) is 11.1 Å². The minimum absolute atomic E-state index is 0.0202. The first-order valence-corrected chi connectivity index (χ1v) is 10.4. The Labute approximate surface area is 177 Å². The fraction of sp³-hybridized carbons (Fsp3) is 0.273. The molecule has 7 nitrogen and oxygen atoms in total. The molecular formula is C22H20N4O3S. The number of nitriles is 1. The third-order valence-corrected chi connectivity index (χ3v) is 6.26. The number of carbonyl (C=O) groups excluding carboxylic acids is 1. The predicted octanol–water partition coefficient (Wildman–Crippen LogP) is 4.60. The van der Waals surface area contributed by atoms with E-state index in [1.54, 1.807) is 17.0 Å². The van der Waals surface area contributed by atoms with E-state index >= 15 is 0 Å². The van der Waals surface area contributed by atoms with Gasteiger partial charge in [0.15, 0.2) is 5.78 Å². The van der Waals surface area contributed by atoms with Gasteiger partial charge in [-0.05, 0) is 40.3 Å². The van der Waals surface area contributed by atoms with Gasteiger partial charge in [0.1, 0.15) is 5.82 Å². The van der Waals surface area contributed by atoms with Gasteiger partial charge in [-0.25, -0.2) is 0 Å². The first-order chi connectivity index (χ1) is 14.2. The summed E-state index contributed by atoms with van der Waals surface area (Å²) in [4.78, 5) is 25.8. The normalized spacial score (nSPS) is 20.8. The van der Waals surface area contributed by atoms with Gasteiger partial charge in [-0.3, -0.25) is 19.8 Å². The number of anilines is 1. The lowest BCUT2D eigenvalue weighted by molar-refractivity contribution is -0.384. The largest absolute Gasteiger partial charge is 0.384 e. The zero-order chi connectivity index (χ0) is 21.6. The highest BCUT2D eigenvalue weighted by Gasteiger charge is 2.44. The van der Waals surface area contributed by atoms with Crippen LogP contribution in [-0.2, 0) is 4.79 Å². The van der Waals surface area contributed by atoms with Gasteiger partial charge in [-0.2, -0.15) is 16.6 Å². The average molecular weight is 420 g/mol. The standard InChI is InChI=1S/C22H20N4O3S/c1-22(2)9-17-20(18(27)10-22)19(13-6-7-30-12-13)16(11-23)21(24)25(17)14-4-3-5-15(8-14)26(28)29/h3-8,12,19H,9-10,24H2,1-2H3. The van der Waals surface area contributed by atoms with Crippen LogP contribution in [0.4, 0.5) is 11.4 Å². The summed E-state index contributed by atoms with van der Waals surface area (Å²) >= 11 is 1.49. The second-order valence-electron chi connectivity index (χ2n) is 8.31. The highest BCUT2D eigenvalue weighted by molar-refractivity contribution is 7.08. The van der Waals surface area contributed by atoms with Crippen molar-refractivity contribution in [3.05, 3.63) is 79.4 Å². The number of nitro benzene ring substituents is 1. The van der Waals surface area contributed by atoms with Crippen molar-refractivity contribution in [2.75, 3.05) is 4.90 Å². The second kappa shape index (κ2) is 7.11. The number of allylic oxidation sites excluding steroid dienone is 3. The molecule has 0 saturated heterocycles. The first kappa shape index (κ1) is 19.9. The summed E-state index contributed by atoms with van der Waals surface area (Å²) in [5.41, 5.74) is 9.01. The Balaban J connectivity index is 1.99. The second-order valence-corrected chi connectivity index (χ2v) is 9.09. The molecule has 0 saturated carbocycles. The zero-order valence-corrected chi connectivity index (χ0v) is 17.4. The number of nitrogens with zero attached hydrogens (tertiary/aromatic N) is 3. The first-order valence-electron chi connectivity index (χ1n) is 9.46. The minimum atomic E-state index is -0.519. The number of hydrogen-bond acceptors (Lipinski definition) is 7. The van der Waals surface area contributed by atoms with Crippen LogP contribution in [0, 0.1) is 26.9 Å². The summed E-state index contributed by atoms with van der Waals surface area (Å²) in [6, 6.07) is 10.2. The van der Waals surface area contributed by atoms with Crippen molar-refractivity contribution in [1.82, 2.24) is 0 Å². The number of rotatable bonds is 3. The van der Waals surface area contributed by atoms with E-state index in [1.807, 2.05) is 30.7 Å². The van der Waals surface area contributed by atoms with E-state index in [-0.39, 0.29) is 28.3 Å². The van der Waals surface area contributed by atoms with Crippen LogP contribution in [0.15, 0.2) is 63.8 Å². The smallest absolute Gasteiger partial charge is 0.271 e. The molecular weight excluding hydrogens is 400 g/mol. The number of thiophene rings is 1. The Hall–Kier alpha value is -3.44. The van der Waals surface area contributed by atoms with Crippen LogP contribution >= 0.6 is 11.3 Å². The molecule has 1 aliphatic heterocycles. The van der Waals surface area contributed by atoms with Crippen LogP contribution in [0.25, 0.3) is 0 Å². The van der Waals surface area contributed by atoms with E-state index < -0.39 is 10.8 Å². The van der Waals surface area contributed by atoms with Crippen LogP contribution in [-0.4, -0.2) is 10.7 Å². The fourth-order valence-corrected chi connectivity index (χ4v) is 5.01.